The van der Waals surface area contributed by atoms with E-state index in [1.807, 2.05) is 0 Å². The number of halogens is 1. The lowest BCUT2D eigenvalue weighted by Crippen LogP contribution is -2.13. The lowest BCUT2D eigenvalue weighted by Gasteiger charge is -2.09. The first kappa shape index (κ1) is 20.5. The van der Waals surface area contributed by atoms with Gasteiger partial charge in [-0.15, -0.1) is 0 Å². The number of hydrogen-bond donors (Lipinski definition) is 1. The molecule has 6 heteroatoms. The zero-order valence-electron chi connectivity index (χ0n) is 15.4. The molecule has 3 aromatic carbocycles. The van der Waals surface area contributed by atoms with Crippen molar-refractivity contribution in [1.82, 2.24) is 0 Å². The molecular formula is C22H20ClNO2S2. The first-order chi connectivity index (χ1) is 13.3. The summed E-state index contributed by atoms with van der Waals surface area (Å²) in [5.41, 5.74) is 3.86. The SMILES string of the molecule is Cc1ccc(CC(=S)Cc2ccc(S(=O)(=O)Nc3ccc(Cl)cc3)cc2)cc1. The van der Waals surface area contributed by atoms with Gasteiger partial charge in [0.2, 0.25) is 0 Å². The lowest BCUT2D eigenvalue weighted by atomic mass is 10.0. The third kappa shape index (κ3) is 5.64. The van der Waals surface area contributed by atoms with Crippen LogP contribution in [0.1, 0.15) is 16.7 Å². The smallest absolute Gasteiger partial charge is 0.261 e. The number of benzene rings is 3. The molecule has 0 aliphatic carbocycles. The van der Waals surface area contributed by atoms with Gasteiger partial charge in [-0.05, 0) is 54.4 Å². The summed E-state index contributed by atoms with van der Waals surface area (Å²) in [6.07, 6.45) is 1.36. The fraction of sp³-hybridized carbons (Fsp3) is 0.136. The Bertz CT molecular complexity index is 1060. The Hall–Kier alpha value is -2.21. The predicted molar refractivity (Wildman–Crippen MR) is 120 cm³/mol. The second kappa shape index (κ2) is 8.86. The number of anilines is 1. The van der Waals surface area contributed by atoms with Gasteiger partial charge in [0.05, 0.1) is 4.90 Å². The molecule has 0 amide bonds. The first-order valence-electron chi connectivity index (χ1n) is 8.76. The minimum atomic E-state index is -3.65. The van der Waals surface area contributed by atoms with Crippen LogP contribution in [-0.2, 0) is 22.9 Å². The van der Waals surface area contributed by atoms with E-state index < -0.39 is 10.0 Å². The number of sulfonamides is 1. The number of aryl methyl sites for hydroxylation is 1. The predicted octanol–water partition coefficient (Wildman–Crippen LogP) is 5.60. The molecular weight excluding hydrogens is 410 g/mol. The summed E-state index contributed by atoms with van der Waals surface area (Å²) in [5, 5.41) is 0.550. The van der Waals surface area contributed by atoms with E-state index in [0.717, 1.165) is 16.8 Å². The molecule has 0 heterocycles. The van der Waals surface area contributed by atoms with Gasteiger partial charge >= 0.3 is 0 Å². The highest BCUT2D eigenvalue weighted by Crippen LogP contribution is 2.19. The van der Waals surface area contributed by atoms with Crippen molar-refractivity contribution in [2.24, 2.45) is 0 Å². The van der Waals surface area contributed by atoms with Crippen molar-refractivity contribution in [3.8, 4) is 0 Å². The highest BCUT2D eigenvalue weighted by Gasteiger charge is 2.14. The molecule has 0 saturated carbocycles. The van der Waals surface area contributed by atoms with Crippen LogP contribution in [0.15, 0.2) is 77.7 Å². The van der Waals surface area contributed by atoms with Crippen molar-refractivity contribution in [3.05, 3.63) is 94.5 Å². The van der Waals surface area contributed by atoms with E-state index in [-0.39, 0.29) is 4.90 Å². The van der Waals surface area contributed by atoms with Crippen LogP contribution < -0.4 is 4.72 Å². The molecule has 0 bridgehead atoms. The topological polar surface area (TPSA) is 46.2 Å². The van der Waals surface area contributed by atoms with Gasteiger partial charge in [-0.25, -0.2) is 8.42 Å². The van der Waals surface area contributed by atoms with E-state index in [1.54, 1.807) is 48.5 Å². The summed E-state index contributed by atoms with van der Waals surface area (Å²) in [7, 11) is -3.65. The summed E-state index contributed by atoms with van der Waals surface area (Å²) in [6, 6.07) is 21.6. The van der Waals surface area contributed by atoms with E-state index in [2.05, 4.69) is 35.9 Å². The Kier molecular flexibility index (Phi) is 6.50. The van der Waals surface area contributed by atoms with Crippen LogP contribution in [0, 0.1) is 6.92 Å². The van der Waals surface area contributed by atoms with Crippen molar-refractivity contribution in [1.29, 1.82) is 0 Å². The van der Waals surface area contributed by atoms with E-state index in [4.69, 9.17) is 23.8 Å². The second-order valence-electron chi connectivity index (χ2n) is 6.63. The average molecular weight is 430 g/mol. The zero-order chi connectivity index (χ0) is 20.1. The van der Waals surface area contributed by atoms with Gasteiger partial charge in [-0.3, -0.25) is 4.72 Å². The summed E-state index contributed by atoms with van der Waals surface area (Å²) in [4.78, 5) is 1.12. The summed E-state index contributed by atoms with van der Waals surface area (Å²) >= 11 is 11.3. The fourth-order valence-electron chi connectivity index (χ4n) is 2.74. The van der Waals surface area contributed by atoms with Crippen LogP contribution in [0.4, 0.5) is 5.69 Å². The summed E-state index contributed by atoms with van der Waals surface area (Å²) in [6.45, 7) is 2.06. The minimum absolute atomic E-state index is 0.204. The third-order valence-corrected chi connectivity index (χ3v) is 6.19. The Balaban J connectivity index is 1.64. The van der Waals surface area contributed by atoms with Gasteiger partial charge < -0.3 is 0 Å². The van der Waals surface area contributed by atoms with Crippen LogP contribution in [0.25, 0.3) is 0 Å². The van der Waals surface area contributed by atoms with Gasteiger partial charge in [0, 0.05) is 28.4 Å². The highest BCUT2D eigenvalue weighted by atomic mass is 35.5. The molecule has 0 aliphatic heterocycles. The van der Waals surface area contributed by atoms with Crippen LogP contribution in [0.5, 0.6) is 0 Å². The number of rotatable bonds is 7. The molecule has 3 nitrogen and oxygen atoms in total. The van der Waals surface area contributed by atoms with Crippen LogP contribution in [0.2, 0.25) is 5.02 Å². The van der Waals surface area contributed by atoms with E-state index >= 15 is 0 Å². The van der Waals surface area contributed by atoms with Crippen molar-refractivity contribution in [3.63, 3.8) is 0 Å². The van der Waals surface area contributed by atoms with Crippen LogP contribution in [0.3, 0.4) is 0 Å². The largest absolute Gasteiger partial charge is 0.280 e. The summed E-state index contributed by atoms with van der Waals surface area (Å²) < 4.78 is 27.6. The van der Waals surface area contributed by atoms with Crippen molar-refractivity contribution >= 4 is 44.4 Å². The standard InChI is InChI=1S/C22H20ClNO2S2/c1-16-2-4-17(5-3-16)14-21(27)15-18-6-12-22(13-7-18)28(25,26)24-20-10-8-19(23)9-11-20/h2-13,24H,14-15H2,1H3. The number of thiocarbonyl (C=S) groups is 1. The first-order valence-corrected chi connectivity index (χ1v) is 11.0. The monoisotopic (exact) mass is 429 g/mol. The van der Waals surface area contributed by atoms with E-state index in [1.165, 1.54) is 11.1 Å². The molecule has 1 N–H and O–H groups in total. The maximum Gasteiger partial charge on any atom is 0.261 e. The van der Waals surface area contributed by atoms with Gasteiger partial charge in [-0.1, -0.05) is 65.8 Å². The molecule has 0 aromatic heterocycles. The van der Waals surface area contributed by atoms with Crippen molar-refractivity contribution < 1.29 is 8.42 Å². The molecule has 0 atom stereocenters. The zero-order valence-corrected chi connectivity index (χ0v) is 17.7. The minimum Gasteiger partial charge on any atom is -0.280 e. The Morgan fingerprint density at radius 2 is 1.36 bits per heavy atom. The molecule has 0 fully saturated rings. The normalized spacial score (nSPS) is 11.2. The third-order valence-electron chi connectivity index (χ3n) is 4.25. The molecule has 0 aliphatic rings. The van der Waals surface area contributed by atoms with Gasteiger partial charge in [0.15, 0.2) is 0 Å². The van der Waals surface area contributed by atoms with E-state index in [9.17, 15) is 8.42 Å². The molecule has 28 heavy (non-hydrogen) atoms. The van der Waals surface area contributed by atoms with Crippen molar-refractivity contribution in [2.75, 3.05) is 4.72 Å². The molecule has 0 unspecified atom stereocenters. The van der Waals surface area contributed by atoms with Gasteiger partial charge in [0.25, 0.3) is 10.0 Å². The fourth-order valence-corrected chi connectivity index (χ4v) is 4.26. The Morgan fingerprint density at radius 3 is 1.89 bits per heavy atom. The molecule has 3 rings (SSSR count). The van der Waals surface area contributed by atoms with Crippen molar-refractivity contribution in [2.45, 2.75) is 24.7 Å². The maximum absolute atomic E-state index is 12.5. The molecule has 0 radical (unpaired) electrons. The Morgan fingerprint density at radius 1 is 0.857 bits per heavy atom. The molecule has 0 spiro atoms. The molecule has 144 valence electrons. The molecule has 3 aromatic rings. The van der Waals surface area contributed by atoms with Crippen LogP contribution in [-0.4, -0.2) is 13.3 Å². The van der Waals surface area contributed by atoms with Gasteiger partial charge in [-0.2, -0.15) is 0 Å². The summed E-state index contributed by atoms with van der Waals surface area (Å²) in [5.74, 6) is 0. The number of nitrogens with one attached hydrogen (secondary N) is 1. The molecule has 0 saturated heterocycles. The second-order valence-corrected chi connectivity index (χ2v) is 9.33. The van der Waals surface area contributed by atoms with Gasteiger partial charge in [0.1, 0.15) is 0 Å². The Labute approximate surface area is 176 Å². The number of hydrogen-bond acceptors (Lipinski definition) is 3. The lowest BCUT2D eigenvalue weighted by molar-refractivity contribution is 0.601. The highest BCUT2D eigenvalue weighted by molar-refractivity contribution is 7.92. The van der Waals surface area contributed by atoms with E-state index in [0.29, 0.717) is 17.1 Å². The maximum atomic E-state index is 12.5. The quantitative estimate of drug-likeness (QED) is 0.497. The van der Waals surface area contributed by atoms with Crippen LogP contribution >= 0.6 is 23.8 Å². The average Bonchev–Trinajstić information content (AvgIpc) is 2.66.